The molecule has 0 bridgehead atoms. The fourth-order valence-corrected chi connectivity index (χ4v) is 1.37. The van der Waals surface area contributed by atoms with Gasteiger partial charge >= 0.3 is 0 Å². The predicted molar refractivity (Wildman–Crippen MR) is 42.3 cm³/mol. The SMILES string of the molecule is O=C1C[C@@H](NC(=O)C2CC2)CN1. The van der Waals surface area contributed by atoms with Crippen molar-refractivity contribution in [1.82, 2.24) is 10.6 Å². The Balaban J connectivity index is 1.78. The van der Waals surface area contributed by atoms with E-state index >= 15 is 0 Å². The van der Waals surface area contributed by atoms with Crippen LogP contribution in [0.25, 0.3) is 0 Å². The van der Waals surface area contributed by atoms with Crippen molar-refractivity contribution in [2.75, 3.05) is 6.54 Å². The summed E-state index contributed by atoms with van der Waals surface area (Å²) < 4.78 is 0. The van der Waals surface area contributed by atoms with E-state index in [-0.39, 0.29) is 23.8 Å². The highest BCUT2D eigenvalue weighted by Gasteiger charge is 2.32. The Hall–Kier alpha value is -1.06. The topological polar surface area (TPSA) is 58.2 Å². The van der Waals surface area contributed by atoms with Crippen LogP contribution in [0, 0.1) is 5.92 Å². The molecular formula is C8H12N2O2. The van der Waals surface area contributed by atoms with Gasteiger partial charge in [0.25, 0.3) is 0 Å². The van der Waals surface area contributed by atoms with E-state index in [0.717, 1.165) is 12.8 Å². The zero-order valence-corrected chi connectivity index (χ0v) is 6.80. The fraction of sp³-hybridized carbons (Fsp3) is 0.750. The summed E-state index contributed by atoms with van der Waals surface area (Å²) in [7, 11) is 0. The van der Waals surface area contributed by atoms with Crippen molar-refractivity contribution in [3.63, 3.8) is 0 Å². The molecule has 1 saturated heterocycles. The molecule has 2 amide bonds. The summed E-state index contributed by atoms with van der Waals surface area (Å²) in [5.41, 5.74) is 0. The third-order valence-electron chi connectivity index (χ3n) is 2.27. The Kier molecular flexibility index (Phi) is 1.75. The second-order valence-electron chi connectivity index (χ2n) is 3.49. The van der Waals surface area contributed by atoms with Gasteiger partial charge in [0, 0.05) is 18.9 Å². The molecule has 1 saturated carbocycles. The van der Waals surface area contributed by atoms with Gasteiger partial charge in [0.15, 0.2) is 0 Å². The van der Waals surface area contributed by atoms with E-state index in [0.29, 0.717) is 13.0 Å². The monoisotopic (exact) mass is 168 g/mol. The standard InChI is InChI=1S/C8H12N2O2/c11-7-3-6(4-9-7)10-8(12)5-1-2-5/h5-6H,1-4H2,(H,9,11)(H,10,12)/t6-/m1/s1. The average Bonchev–Trinajstić information content (AvgIpc) is 2.78. The van der Waals surface area contributed by atoms with Crippen molar-refractivity contribution in [3.8, 4) is 0 Å². The molecule has 2 fully saturated rings. The van der Waals surface area contributed by atoms with Gasteiger partial charge in [0.1, 0.15) is 0 Å². The third-order valence-corrected chi connectivity index (χ3v) is 2.27. The lowest BCUT2D eigenvalue weighted by Gasteiger charge is -2.08. The number of carbonyl (C=O) groups is 2. The third kappa shape index (κ3) is 1.57. The molecule has 1 heterocycles. The molecule has 2 rings (SSSR count). The maximum atomic E-state index is 11.2. The van der Waals surface area contributed by atoms with Gasteiger partial charge in [0.05, 0.1) is 6.04 Å². The van der Waals surface area contributed by atoms with Gasteiger partial charge in [-0.25, -0.2) is 0 Å². The summed E-state index contributed by atoms with van der Waals surface area (Å²) in [5, 5.41) is 5.53. The van der Waals surface area contributed by atoms with E-state index in [1.807, 2.05) is 0 Å². The molecule has 0 aromatic carbocycles. The minimum atomic E-state index is 0.0330. The molecule has 4 nitrogen and oxygen atoms in total. The maximum absolute atomic E-state index is 11.2. The molecule has 1 atom stereocenters. The largest absolute Gasteiger partial charge is 0.354 e. The summed E-state index contributed by atoms with van der Waals surface area (Å²) in [5.74, 6) is 0.397. The smallest absolute Gasteiger partial charge is 0.223 e. The van der Waals surface area contributed by atoms with Gasteiger partial charge in [0.2, 0.25) is 11.8 Å². The van der Waals surface area contributed by atoms with Gasteiger partial charge < -0.3 is 10.6 Å². The first kappa shape index (κ1) is 7.58. The fourth-order valence-electron chi connectivity index (χ4n) is 1.37. The molecular weight excluding hydrogens is 156 g/mol. The normalized spacial score (nSPS) is 28.3. The van der Waals surface area contributed by atoms with Crippen LogP contribution in [0.5, 0.6) is 0 Å². The highest BCUT2D eigenvalue weighted by atomic mass is 16.2. The Morgan fingerprint density at radius 2 is 2.25 bits per heavy atom. The van der Waals surface area contributed by atoms with Crippen LogP contribution in [0.1, 0.15) is 19.3 Å². The van der Waals surface area contributed by atoms with Gasteiger partial charge in [-0.3, -0.25) is 9.59 Å². The second-order valence-corrected chi connectivity index (χ2v) is 3.49. The van der Waals surface area contributed by atoms with Crippen molar-refractivity contribution in [1.29, 1.82) is 0 Å². The first-order valence-corrected chi connectivity index (χ1v) is 4.33. The summed E-state index contributed by atoms with van der Waals surface area (Å²) in [6.45, 7) is 0.595. The van der Waals surface area contributed by atoms with Gasteiger partial charge in [-0.1, -0.05) is 0 Å². The van der Waals surface area contributed by atoms with Crippen LogP contribution in [-0.4, -0.2) is 24.4 Å². The van der Waals surface area contributed by atoms with Crippen molar-refractivity contribution < 1.29 is 9.59 Å². The predicted octanol–water partition coefficient (Wildman–Crippen LogP) is -0.599. The quantitative estimate of drug-likeness (QED) is 0.578. The maximum Gasteiger partial charge on any atom is 0.223 e. The molecule has 4 heteroatoms. The lowest BCUT2D eigenvalue weighted by molar-refractivity contribution is -0.122. The summed E-state index contributed by atoms with van der Waals surface area (Å²) in [4.78, 5) is 22.0. The first-order chi connectivity index (χ1) is 5.75. The van der Waals surface area contributed by atoms with Gasteiger partial charge in [-0.15, -0.1) is 0 Å². The summed E-state index contributed by atoms with van der Waals surface area (Å²) >= 11 is 0. The molecule has 1 aliphatic carbocycles. The molecule has 12 heavy (non-hydrogen) atoms. The van der Waals surface area contributed by atoms with E-state index in [1.54, 1.807) is 0 Å². The number of carbonyl (C=O) groups excluding carboxylic acids is 2. The second kappa shape index (κ2) is 2.77. The Morgan fingerprint density at radius 1 is 1.50 bits per heavy atom. The lowest BCUT2D eigenvalue weighted by Crippen LogP contribution is -2.37. The lowest BCUT2D eigenvalue weighted by atomic mass is 10.2. The molecule has 1 aliphatic heterocycles. The molecule has 2 N–H and O–H groups in total. The molecule has 0 spiro atoms. The van der Waals surface area contributed by atoms with Crippen LogP contribution in [0.15, 0.2) is 0 Å². The van der Waals surface area contributed by atoms with Crippen molar-refractivity contribution in [2.45, 2.75) is 25.3 Å². The molecule has 0 aromatic heterocycles. The van der Waals surface area contributed by atoms with Crippen LogP contribution >= 0.6 is 0 Å². The molecule has 0 radical (unpaired) electrons. The molecule has 2 aliphatic rings. The molecule has 0 unspecified atom stereocenters. The van der Waals surface area contributed by atoms with Crippen LogP contribution < -0.4 is 10.6 Å². The van der Waals surface area contributed by atoms with Gasteiger partial charge in [-0.05, 0) is 12.8 Å². The van der Waals surface area contributed by atoms with E-state index in [9.17, 15) is 9.59 Å². The number of hydrogen-bond acceptors (Lipinski definition) is 2. The van der Waals surface area contributed by atoms with Crippen LogP contribution in [0.2, 0.25) is 0 Å². The minimum absolute atomic E-state index is 0.0330. The van der Waals surface area contributed by atoms with E-state index in [2.05, 4.69) is 10.6 Å². The minimum Gasteiger partial charge on any atom is -0.354 e. The zero-order chi connectivity index (χ0) is 8.55. The van der Waals surface area contributed by atoms with Crippen molar-refractivity contribution in [2.24, 2.45) is 5.92 Å². The highest BCUT2D eigenvalue weighted by molar-refractivity contribution is 5.84. The summed E-state index contributed by atoms with van der Waals surface area (Å²) in [6, 6.07) is 0.0330. The van der Waals surface area contributed by atoms with Crippen LogP contribution in [-0.2, 0) is 9.59 Å². The van der Waals surface area contributed by atoms with Crippen molar-refractivity contribution >= 4 is 11.8 Å². The molecule has 66 valence electrons. The van der Waals surface area contributed by atoms with E-state index in [4.69, 9.17) is 0 Å². The van der Waals surface area contributed by atoms with E-state index in [1.165, 1.54) is 0 Å². The Labute approximate surface area is 70.7 Å². The van der Waals surface area contributed by atoms with E-state index < -0.39 is 0 Å². The number of hydrogen-bond donors (Lipinski definition) is 2. The van der Waals surface area contributed by atoms with Crippen LogP contribution in [0.4, 0.5) is 0 Å². The number of rotatable bonds is 2. The van der Waals surface area contributed by atoms with Crippen LogP contribution in [0.3, 0.4) is 0 Å². The summed E-state index contributed by atoms with van der Waals surface area (Å²) in [6.07, 6.45) is 2.47. The Bertz CT molecular complexity index is 223. The number of nitrogens with one attached hydrogen (secondary N) is 2. The highest BCUT2D eigenvalue weighted by Crippen LogP contribution is 2.29. The first-order valence-electron chi connectivity index (χ1n) is 4.33. The number of amides is 2. The zero-order valence-electron chi connectivity index (χ0n) is 6.80. The Morgan fingerprint density at radius 3 is 2.75 bits per heavy atom. The van der Waals surface area contributed by atoms with Gasteiger partial charge in [-0.2, -0.15) is 0 Å². The average molecular weight is 168 g/mol. The molecule has 0 aromatic rings. The van der Waals surface area contributed by atoms with Crippen molar-refractivity contribution in [3.05, 3.63) is 0 Å².